The highest BCUT2D eigenvalue weighted by atomic mass is 32.2. The molecule has 1 N–H and O–H groups in total. The quantitative estimate of drug-likeness (QED) is 0.839. The fourth-order valence-electron chi connectivity index (χ4n) is 1.55. The van der Waals surface area contributed by atoms with Gasteiger partial charge in [-0.3, -0.25) is 0 Å². The van der Waals surface area contributed by atoms with Gasteiger partial charge >= 0.3 is 0 Å². The fraction of sp³-hybridized carbons (Fsp3) is 0.538. The van der Waals surface area contributed by atoms with Gasteiger partial charge in [0, 0.05) is 13.6 Å². The van der Waals surface area contributed by atoms with Gasteiger partial charge in [0.05, 0.1) is 10.6 Å². The van der Waals surface area contributed by atoms with Crippen molar-refractivity contribution in [1.29, 1.82) is 0 Å². The zero-order chi connectivity index (χ0) is 14.5. The van der Waals surface area contributed by atoms with Crippen LogP contribution in [0.5, 0.6) is 0 Å². The van der Waals surface area contributed by atoms with Crippen molar-refractivity contribution in [3.8, 4) is 11.8 Å². The monoisotopic (exact) mass is 301 g/mol. The van der Waals surface area contributed by atoms with Crippen molar-refractivity contribution in [2.45, 2.75) is 20.4 Å². The topological polar surface area (TPSA) is 57.6 Å². The third kappa shape index (κ3) is 5.33. The molecule has 106 valence electrons. The normalized spacial score (nSPS) is 11.7. The Morgan fingerprint density at radius 2 is 2.16 bits per heavy atom. The molecule has 0 aliphatic rings. The Bertz CT molecular complexity index is 564. The van der Waals surface area contributed by atoms with E-state index < -0.39 is 10.0 Å². The van der Waals surface area contributed by atoms with E-state index in [9.17, 15) is 8.42 Å². The van der Waals surface area contributed by atoms with Gasteiger partial charge in [-0.1, -0.05) is 25.7 Å². The molecular weight excluding hydrogens is 282 g/mol. The van der Waals surface area contributed by atoms with Crippen molar-refractivity contribution < 1.29 is 13.5 Å². The summed E-state index contributed by atoms with van der Waals surface area (Å²) < 4.78 is 25.4. The van der Waals surface area contributed by atoms with Gasteiger partial charge in [-0.2, -0.15) is 0 Å². The van der Waals surface area contributed by atoms with E-state index in [4.69, 9.17) is 5.11 Å². The molecule has 0 spiro atoms. The number of nitrogens with zero attached hydrogens (tertiary/aromatic N) is 1. The van der Waals surface area contributed by atoms with Crippen LogP contribution in [0.2, 0.25) is 0 Å². The number of hydrogen-bond donors (Lipinski definition) is 1. The molecule has 1 rings (SSSR count). The Hall–Kier alpha value is -0.870. The number of rotatable bonds is 5. The Morgan fingerprint density at radius 3 is 2.74 bits per heavy atom. The summed E-state index contributed by atoms with van der Waals surface area (Å²) in [4.78, 5) is 0.832. The summed E-state index contributed by atoms with van der Waals surface area (Å²) in [6, 6.07) is 1.86. The van der Waals surface area contributed by atoms with Crippen molar-refractivity contribution in [1.82, 2.24) is 4.31 Å². The molecule has 0 aliphatic heterocycles. The summed E-state index contributed by atoms with van der Waals surface area (Å²) in [5.74, 6) is 5.65. The molecule has 0 atom stereocenters. The largest absolute Gasteiger partial charge is 0.384 e. The second-order valence-corrected chi connectivity index (χ2v) is 7.74. The van der Waals surface area contributed by atoms with Crippen molar-refractivity contribution in [3.63, 3.8) is 0 Å². The smallest absolute Gasteiger partial charge is 0.214 e. The molecule has 19 heavy (non-hydrogen) atoms. The number of hydrogen-bond acceptors (Lipinski definition) is 4. The maximum absolute atomic E-state index is 12.0. The van der Waals surface area contributed by atoms with E-state index in [-0.39, 0.29) is 18.3 Å². The van der Waals surface area contributed by atoms with Crippen molar-refractivity contribution in [3.05, 3.63) is 21.9 Å². The third-order valence-electron chi connectivity index (χ3n) is 2.37. The van der Waals surface area contributed by atoms with Crippen LogP contribution in [-0.4, -0.2) is 37.2 Å². The first-order valence-corrected chi connectivity index (χ1v) is 8.45. The Morgan fingerprint density at radius 1 is 1.47 bits per heavy atom. The van der Waals surface area contributed by atoms with Crippen LogP contribution in [0, 0.1) is 17.8 Å². The highest BCUT2D eigenvalue weighted by Crippen LogP contribution is 2.17. The minimum atomic E-state index is -3.20. The molecule has 0 bridgehead atoms. The molecule has 0 aliphatic carbocycles. The summed E-state index contributed by atoms with van der Waals surface area (Å²) in [7, 11) is -1.61. The Kier molecular flexibility index (Phi) is 6.01. The number of thiophene rings is 1. The molecule has 0 unspecified atom stereocenters. The number of aliphatic hydroxyl groups excluding tert-OH is 1. The molecule has 0 amide bonds. The summed E-state index contributed by atoms with van der Waals surface area (Å²) in [5, 5.41) is 10.5. The summed E-state index contributed by atoms with van der Waals surface area (Å²) in [6.45, 7) is 3.96. The molecule has 6 heteroatoms. The van der Waals surface area contributed by atoms with E-state index in [0.29, 0.717) is 6.54 Å². The fourth-order valence-corrected chi connectivity index (χ4v) is 3.77. The van der Waals surface area contributed by atoms with Crippen LogP contribution in [0.15, 0.2) is 11.4 Å². The first-order valence-electron chi connectivity index (χ1n) is 5.96. The highest BCUT2D eigenvalue weighted by Gasteiger charge is 2.19. The third-order valence-corrected chi connectivity index (χ3v) is 5.43. The lowest BCUT2D eigenvalue weighted by atomic mass is 10.3. The van der Waals surface area contributed by atoms with E-state index >= 15 is 0 Å². The molecular formula is C13H19NO3S2. The standard InChI is InChI=1S/C13H19NO3S2/c1-11(2)10-19(16,17)14(3)8-12-7-13(18-9-12)5-4-6-15/h7,9,11,15H,6,8,10H2,1-3H3. The van der Waals surface area contributed by atoms with Gasteiger partial charge in [-0.25, -0.2) is 12.7 Å². The van der Waals surface area contributed by atoms with Crippen LogP contribution < -0.4 is 0 Å². The lowest BCUT2D eigenvalue weighted by molar-refractivity contribution is 0.350. The number of aliphatic hydroxyl groups is 1. The molecule has 0 saturated heterocycles. The maximum atomic E-state index is 12.0. The lowest BCUT2D eigenvalue weighted by Crippen LogP contribution is -2.30. The Balaban J connectivity index is 2.72. The van der Waals surface area contributed by atoms with E-state index in [1.807, 2.05) is 25.3 Å². The lowest BCUT2D eigenvalue weighted by Gasteiger charge is -2.17. The van der Waals surface area contributed by atoms with Gasteiger partial charge in [0.2, 0.25) is 10.0 Å². The van der Waals surface area contributed by atoms with Crippen LogP contribution in [0.4, 0.5) is 0 Å². The average molecular weight is 301 g/mol. The summed E-state index contributed by atoms with van der Waals surface area (Å²) in [6.07, 6.45) is 0. The van der Waals surface area contributed by atoms with Crippen molar-refractivity contribution in [2.24, 2.45) is 5.92 Å². The minimum absolute atomic E-state index is 0.112. The van der Waals surface area contributed by atoms with Crippen LogP contribution in [0.25, 0.3) is 0 Å². The predicted molar refractivity (Wildman–Crippen MR) is 78.4 cm³/mol. The zero-order valence-corrected chi connectivity index (χ0v) is 13.0. The molecule has 1 heterocycles. The van der Waals surface area contributed by atoms with Gasteiger partial charge in [0.1, 0.15) is 6.61 Å². The van der Waals surface area contributed by atoms with E-state index in [0.717, 1.165) is 10.4 Å². The first kappa shape index (κ1) is 16.2. The SMILES string of the molecule is CC(C)CS(=O)(=O)N(C)Cc1csc(C#CCO)c1. The number of sulfonamides is 1. The molecule has 0 radical (unpaired) electrons. The van der Waals surface area contributed by atoms with Gasteiger partial charge < -0.3 is 5.11 Å². The van der Waals surface area contributed by atoms with Crippen LogP contribution in [0.3, 0.4) is 0 Å². The van der Waals surface area contributed by atoms with E-state index in [1.54, 1.807) is 7.05 Å². The summed E-state index contributed by atoms with van der Waals surface area (Å²) in [5.41, 5.74) is 0.919. The predicted octanol–water partition coefficient (Wildman–Crippen LogP) is 1.51. The molecule has 0 aromatic carbocycles. The first-order chi connectivity index (χ1) is 8.85. The second kappa shape index (κ2) is 7.06. The molecule has 1 aromatic heterocycles. The minimum Gasteiger partial charge on any atom is -0.384 e. The zero-order valence-electron chi connectivity index (χ0n) is 11.4. The van der Waals surface area contributed by atoms with E-state index in [2.05, 4.69) is 11.8 Å². The highest BCUT2D eigenvalue weighted by molar-refractivity contribution is 7.89. The maximum Gasteiger partial charge on any atom is 0.214 e. The molecule has 1 aromatic rings. The van der Waals surface area contributed by atoms with Gasteiger partial charge in [0.15, 0.2) is 0 Å². The Labute approximate surface area is 119 Å². The average Bonchev–Trinajstić information content (AvgIpc) is 2.72. The van der Waals surface area contributed by atoms with Crippen LogP contribution in [0.1, 0.15) is 24.3 Å². The van der Waals surface area contributed by atoms with Crippen LogP contribution in [-0.2, 0) is 16.6 Å². The van der Waals surface area contributed by atoms with E-state index in [1.165, 1.54) is 15.6 Å². The van der Waals surface area contributed by atoms with Gasteiger partial charge in [0.25, 0.3) is 0 Å². The van der Waals surface area contributed by atoms with Gasteiger partial charge in [-0.05, 0) is 22.9 Å². The van der Waals surface area contributed by atoms with Crippen molar-refractivity contribution in [2.75, 3.05) is 19.4 Å². The second-order valence-electron chi connectivity index (χ2n) is 4.71. The molecule has 0 saturated carbocycles. The van der Waals surface area contributed by atoms with Gasteiger partial charge in [-0.15, -0.1) is 11.3 Å². The molecule has 4 nitrogen and oxygen atoms in total. The van der Waals surface area contributed by atoms with Crippen LogP contribution >= 0.6 is 11.3 Å². The summed E-state index contributed by atoms with van der Waals surface area (Å²) >= 11 is 1.45. The molecule has 0 fully saturated rings. The van der Waals surface area contributed by atoms with Crippen molar-refractivity contribution >= 4 is 21.4 Å².